The summed E-state index contributed by atoms with van der Waals surface area (Å²) in [7, 11) is 0. The molecule has 0 spiro atoms. The molecule has 0 aliphatic carbocycles. The molecule has 0 unspecified atom stereocenters. The Morgan fingerprint density at radius 3 is 3.15 bits per heavy atom. The molecule has 1 N–H and O–H groups in total. The van der Waals surface area contributed by atoms with Crippen LogP contribution in [0.1, 0.15) is 23.3 Å². The van der Waals surface area contributed by atoms with Crippen LogP contribution in [-0.4, -0.2) is 12.4 Å². The molecule has 1 aromatic heterocycles. The van der Waals surface area contributed by atoms with Gasteiger partial charge in [0, 0.05) is 17.8 Å². The van der Waals surface area contributed by atoms with E-state index in [-0.39, 0.29) is 0 Å². The number of aryl methyl sites for hydroxylation is 1. The van der Waals surface area contributed by atoms with E-state index in [1.54, 1.807) is 0 Å². The normalized spacial score (nSPS) is 15.9. The Morgan fingerprint density at radius 2 is 2.54 bits per heavy atom. The van der Waals surface area contributed by atoms with Crippen LogP contribution in [-0.2, 0) is 6.54 Å². The third kappa shape index (κ3) is 2.10. The van der Waals surface area contributed by atoms with E-state index in [2.05, 4.69) is 28.7 Å². The van der Waals surface area contributed by atoms with Crippen molar-refractivity contribution in [3.63, 3.8) is 0 Å². The molecule has 2 heterocycles. The molecular weight excluding hydrogens is 180 g/mol. The van der Waals surface area contributed by atoms with Crippen molar-refractivity contribution in [1.82, 2.24) is 5.32 Å². The van der Waals surface area contributed by atoms with Gasteiger partial charge in [-0.1, -0.05) is 0 Å². The van der Waals surface area contributed by atoms with Gasteiger partial charge in [-0.05, 0) is 30.4 Å². The maximum Gasteiger partial charge on any atom is 0.0966 e. The van der Waals surface area contributed by atoms with Gasteiger partial charge in [0.1, 0.15) is 0 Å². The lowest BCUT2D eigenvalue weighted by Gasteiger charge is -2.04. The number of nitrogens with zero attached hydrogens (tertiary/aromatic N) is 1. The summed E-state index contributed by atoms with van der Waals surface area (Å²) in [6.07, 6.45) is 2.34. The molecule has 1 aliphatic heterocycles. The van der Waals surface area contributed by atoms with Gasteiger partial charge >= 0.3 is 0 Å². The first-order valence-corrected chi connectivity index (χ1v) is 5.54. The van der Waals surface area contributed by atoms with Crippen molar-refractivity contribution in [3.8, 4) is 0 Å². The van der Waals surface area contributed by atoms with Gasteiger partial charge in [-0.25, -0.2) is 0 Å². The van der Waals surface area contributed by atoms with Gasteiger partial charge in [-0.3, -0.25) is 4.99 Å². The lowest BCUT2D eigenvalue weighted by atomic mass is 10.3. The lowest BCUT2D eigenvalue weighted by Crippen LogP contribution is -2.20. The number of hydrogen-bond acceptors (Lipinski definition) is 3. The Morgan fingerprint density at radius 1 is 1.62 bits per heavy atom. The Kier molecular flexibility index (Phi) is 2.64. The molecule has 1 aromatic rings. The first-order valence-electron chi connectivity index (χ1n) is 4.66. The summed E-state index contributed by atoms with van der Waals surface area (Å²) in [5.74, 6) is 1.19. The number of amidine groups is 1. The van der Waals surface area contributed by atoms with Gasteiger partial charge in [0.2, 0.25) is 0 Å². The van der Waals surface area contributed by atoms with Crippen molar-refractivity contribution in [2.75, 3.05) is 6.54 Å². The Hall–Kier alpha value is -0.830. The van der Waals surface area contributed by atoms with Gasteiger partial charge in [0.05, 0.1) is 12.4 Å². The maximum atomic E-state index is 4.37. The fourth-order valence-corrected chi connectivity index (χ4v) is 2.30. The van der Waals surface area contributed by atoms with Crippen molar-refractivity contribution in [3.05, 3.63) is 21.9 Å². The SMILES string of the molecule is Cc1ccsc1CNC1=NCCC1. The Balaban J connectivity index is 1.89. The van der Waals surface area contributed by atoms with Crippen LogP contribution in [0.5, 0.6) is 0 Å². The highest BCUT2D eigenvalue weighted by molar-refractivity contribution is 7.10. The first kappa shape index (κ1) is 8.75. The summed E-state index contributed by atoms with van der Waals surface area (Å²) in [5, 5.41) is 5.53. The summed E-state index contributed by atoms with van der Waals surface area (Å²) < 4.78 is 0. The van der Waals surface area contributed by atoms with Crippen LogP contribution in [0.25, 0.3) is 0 Å². The van der Waals surface area contributed by atoms with E-state index < -0.39 is 0 Å². The molecule has 0 amide bonds. The van der Waals surface area contributed by atoms with Crippen LogP contribution in [0.3, 0.4) is 0 Å². The fraction of sp³-hybridized carbons (Fsp3) is 0.500. The van der Waals surface area contributed by atoms with E-state index in [1.807, 2.05) is 11.3 Å². The van der Waals surface area contributed by atoms with Crippen molar-refractivity contribution in [2.24, 2.45) is 4.99 Å². The van der Waals surface area contributed by atoms with Gasteiger partial charge < -0.3 is 5.32 Å². The summed E-state index contributed by atoms with van der Waals surface area (Å²) in [6, 6.07) is 2.16. The Bertz CT molecular complexity index is 314. The lowest BCUT2D eigenvalue weighted by molar-refractivity contribution is 0.897. The van der Waals surface area contributed by atoms with Gasteiger partial charge in [0.15, 0.2) is 0 Å². The molecular formula is C10H14N2S. The smallest absolute Gasteiger partial charge is 0.0966 e. The minimum atomic E-state index is 0.947. The molecule has 70 valence electrons. The van der Waals surface area contributed by atoms with Crippen molar-refractivity contribution in [1.29, 1.82) is 0 Å². The van der Waals surface area contributed by atoms with Crippen LogP contribution < -0.4 is 5.32 Å². The van der Waals surface area contributed by atoms with E-state index in [4.69, 9.17) is 0 Å². The molecule has 0 saturated heterocycles. The van der Waals surface area contributed by atoms with Crippen LogP contribution in [0.4, 0.5) is 0 Å². The van der Waals surface area contributed by atoms with Crippen LogP contribution in [0, 0.1) is 6.92 Å². The molecule has 1 aliphatic rings. The second-order valence-electron chi connectivity index (χ2n) is 3.31. The van der Waals surface area contributed by atoms with E-state index in [9.17, 15) is 0 Å². The number of aliphatic imine (C=N–C) groups is 1. The highest BCUT2D eigenvalue weighted by Crippen LogP contribution is 2.15. The zero-order valence-corrected chi connectivity index (χ0v) is 8.66. The van der Waals surface area contributed by atoms with Crippen LogP contribution in [0.15, 0.2) is 16.4 Å². The molecule has 2 nitrogen and oxygen atoms in total. The summed E-state index contributed by atoms with van der Waals surface area (Å²) in [4.78, 5) is 5.80. The molecule has 2 rings (SSSR count). The van der Waals surface area contributed by atoms with E-state index in [0.29, 0.717) is 0 Å². The molecule has 13 heavy (non-hydrogen) atoms. The third-order valence-electron chi connectivity index (χ3n) is 2.30. The van der Waals surface area contributed by atoms with Gasteiger partial charge in [-0.15, -0.1) is 11.3 Å². The average Bonchev–Trinajstić information content (AvgIpc) is 2.72. The standard InChI is InChI=1S/C10H14N2S/c1-8-4-6-13-9(8)7-12-10-3-2-5-11-10/h4,6H,2-3,5,7H2,1H3,(H,11,12). The monoisotopic (exact) mass is 194 g/mol. The highest BCUT2D eigenvalue weighted by atomic mass is 32.1. The maximum absolute atomic E-state index is 4.37. The quantitative estimate of drug-likeness (QED) is 0.767. The summed E-state index contributed by atoms with van der Waals surface area (Å²) >= 11 is 1.82. The van der Waals surface area contributed by atoms with Gasteiger partial charge in [0.25, 0.3) is 0 Å². The Labute approximate surface area is 82.7 Å². The predicted molar refractivity (Wildman–Crippen MR) is 57.4 cm³/mol. The topological polar surface area (TPSA) is 24.4 Å². The zero-order valence-electron chi connectivity index (χ0n) is 7.84. The van der Waals surface area contributed by atoms with Crippen molar-refractivity contribution in [2.45, 2.75) is 26.3 Å². The molecule has 0 radical (unpaired) electrons. The van der Waals surface area contributed by atoms with Gasteiger partial charge in [-0.2, -0.15) is 0 Å². The zero-order chi connectivity index (χ0) is 9.10. The third-order valence-corrected chi connectivity index (χ3v) is 3.32. The molecule has 0 bridgehead atoms. The minimum Gasteiger partial charge on any atom is -0.369 e. The fourth-order valence-electron chi connectivity index (χ4n) is 1.45. The van der Waals surface area contributed by atoms with E-state index in [1.165, 1.54) is 22.7 Å². The van der Waals surface area contributed by atoms with Crippen molar-refractivity contribution < 1.29 is 0 Å². The highest BCUT2D eigenvalue weighted by Gasteiger charge is 2.06. The first-order chi connectivity index (χ1) is 6.36. The molecule has 0 saturated carbocycles. The molecule has 0 atom stereocenters. The summed E-state index contributed by atoms with van der Waals surface area (Å²) in [5.41, 5.74) is 1.39. The van der Waals surface area contributed by atoms with Crippen LogP contribution in [0.2, 0.25) is 0 Å². The second kappa shape index (κ2) is 3.92. The minimum absolute atomic E-state index is 0.947. The average molecular weight is 194 g/mol. The van der Waals surface area contributed by atoms with E-state index in [0.717, 1.165) is 19.5 Å². The largest absolute Gasteiger partial charge is 0.369 e. The predicted octanol–water partition coefficient (Wildman–Crippen LogP) is 2.34. The number of nitrogens with one attached hydrogen (secondary N) is 1. The number of rotatable bonds is 2. The second-order valence-corrected chi connectivity index (χ2v) is 4.31. The molecule has 0 fully saturated rings. The number of hydrogen-bond donors (Lipinski definition) is 1. The van der Waals surface area contributed by atoms with E-state index >= 15 is 0 Å². The summed E-state index contributed by atoms with van der Waals surface area (Å²) in [6.45, 7) is 4.11. The molecule has 3 heteroatoms. The molecule has 0 aromatic carbocycles. The van der Waals surface area contributed by atoms with Crippen molar-refractivity contribution >= 4 is 17.2 Å². The number of thiophene rings is 1. The van der Waals surface area contributed by atoms with Crippen LogP contribution >= 0.6 is 11.3 Å².